The summed E-state index contributed by atoms with van der Waals surface area (Å²) >= 11 is 0. The molecule has 0 spiro atoms. The number of benzene rings is 1. The van der Waals surface area contributed by atoms with E-state index >= 15 is 0 Å². The lowest BCUT2D eigenvalue weighted by molar-refractivity contribution is 0.339. The molecule has 3 heteroatoms. The maximum atomic E-state index is 5.51. The molecule has 1 rings (SSSR count). The second-order valence-electron chi connectivity index (χ2n) is 3.47. The van der Waals surface area contributed by atoms with E-state index in [1.54, 1.807) is 0 Å². The number of rotatable bonds is 6. The van der Waals surface area contributed by atoms with Gasteiger partial charge in [-0.1, -0.05) is 12.1 Å². The third-order valence-electron chi connectivity index (χ3n) is 2.35. The monoisotopic (exact) mass is 218 g/mol. The molecule has 3 N–H and O–H groups in total. The number of hydrazine groups is 1. The number of hydrogen-bond donors (Lipinski definition) is 2. The Morgan fingerprint density at radius 1 is 1.56 bits per heavy atom. The quantitative estimate of drug-likeness (QED) is 0.436. The highest BCUT2D eigenvalue weighted by atomic mass is 16.5. The lowest BCUT2D eigenvalue weighted by Gasteiger charge is -2.16. The minimum absolute atomic E-state index is 0.0801. The van der Waals surface area contributed by atoms with E-state index < -0.39 is 0 Å². The van der Waals surface area contributed by atoms with Gasteiger partial charge in [-0.25, -0.2) is 0 Å². The molecule has 0 heterocycles. The number of nitrogens with one attached hydrogen (secondary N) is 1. The molecule has 1 atom stereocenters. The molecule has 1 aromatic carbocycles. The van der Waals surface area contributed by atoms with Gasteiger partial charge < -0.3 is 4.74 Å². The Hall–Kier alpha value is -1.50. The van der Waals surface area contributed by atoms with Crippen LogP contribution in [0.4, 0.5) is 0 Å². The second-order valence-corrected chi connectivity index (χ2v) is 3.47. The molecule has 0 fully saturated rings. The molecule has 0 radical (unpaired) electrons. The Balaban J connectivity index is 2.75. The summed E-state index contributed by atoms with van der Waals surface area (Å²) in [5, 5.41) is 0. The van der Waals surface area contributed by atoms with Gasteiger partial charge in [0, 0.05) is 12.5 Å². The van der Waals surface area contributed by atoms with Crippen molar-refractivity contribution in [1.29, 1.82) is 0 Å². The molecule has 0 aromatic heterocycles. The second kappa shape index (κ2) is 6.89. The Morgan fingerprint density at radius 3 is 3.00 bits per heavy atom. The van der Waals surface area contributed by atoms with Gasteiger partial charge in [0.25, 0.3) is 0 Å². The Kier molecular flexibility index (Phi) is 5.41. The lowest BCUT2D eigenvalue weighted by atomic mass is 10.0. The average molecular weight is 218 g/mol. The smallest absolute Gasteiger partial charge is 0.119 e. The zero-order chi connectivity index (χ0) is 11.8. The highest BCUT2D eigenvalue weighted by Gasteiger charge is 2.09. The summed E-state index contributed by atoms with van der Waals surface area (Å²) in [5.74, 6) is 8.99. The molecule has 0 aliphatic carbocycles. The van der Waals surface area contributed by atoms with E-state index in [1.165, 1.54) is 0 Å². The van der Waals surface area contributed by atoms with Gasteiger partial charge in [0.05, 0.1) is 6.61 Å². The van der Waals surface area contributed by atoms with Crippen molar-refractivity contribution in [3.63, 3.8) is 0 Å². The molecule has 0 bridgehead atoms. The molecular formula is C13H18N2O. The fourth-order valence-electron chi connectivity index (χ4n) is 1.56. The molecule has 1 aromatic rings. The Bertz CT molecular complexity index is 357. The van der Waals surface area contributed by atoms with Crippen molar-refractivity contribution in [2.75, 3.05) is 6.61 Å². The minimum Gasteiger partial charge on any atom is -0.494 e. The third-order valence-corrected chi connectivity index (χ3v) is 2.35. The first-order valence-corrected chi connectivity index (χ1v) is 5.44. The maximum absolute atomic E-state index is 5.51. The van der Waals surface area contributed by atoms with Crippen LogP contribution in [0.1, 0.15) is 31.4 Å². The molecule has 86 valence electrons. The summed E-state index contributed by atoms with van der Waals surface area (Å²) in [6.07, 6.45) is 6.77. The summed E-state index contributed by atoms with van der Waals surface area (Å²) in [5.41, 5.74) is 3.87. The van der Waals surface area contributed by atoms with Crippen LogP contribution in [-0.2, 0) is 0 Å². The maximum Gasteiger partial charge on any atom is 0.119 e. The molecule has 0 aliphatic rings. The summed E-state index contributed by atoms with van der Waals surface area (Å²) in [4.78, 5) is 0. The number of terminal acetylenes is 1. The van der Waals surface area contributed by atoms with Gasteiger partial charge in [0.1, 0.15) is 5.75 Å². The number of nitrogens with two attached hydrogens (primary N) is 1. The van der Waals surface area contributed by atoms with Crippen LogP contribution in [0.5, 0.6) is 5.75 Å². The Morgan fingerprint density at radius 2 is 2.38 bits per heavy atom. The molecule has 0 amide bonds. The number of hydrogen-bond acceptors (Lipinski definition) is 3. The zero-order valence-corrected chi connectivity index (χ0v) is 9.57. The van der Waals surface area contributed by atoms with Gasteiger partial charge in [-0.05, 0) is 31.0 Å². The first-order valence-electron chi connectivity index (χ1n) is 5.44. The van der Waals surface area contributed by atoms with E-state index in [0.29, 0.717) is 13.0 Å². The summed E-state index contributed by atoms with van der Waals surface area (Å²) in [6.45, 7) is 2.62. The minimum atomic E-state index is 0.0801. The first kappa shape index (κ1) is 12.6. The van der Waals surface area contributed by atoms with Crippen LogP contribution in [0.3, 0.4) is 0 Å². The van der Waals surface area contributed by atoms with Gasteiger partial charge in [-0.3, -0.25) is 11.3 Å². The van der Waals surface area contributed by atoms with E-state index in [-0.39, 0.29) is 6.04 Å². The predicted octanol–water partition coefficient (Wildman–Crippen LogP) is 2.00. The standard InChI is InChI=1S/C13H18N2O/c1-3-5-9-13(15-14)11-7-6-8-12(10-11)16-4-2/h1,6-8,10,13,15H,4-5,9,14H2,2H3. The zero-order valence-electron chi connectivity index (χ0n) is 9.57. The van der Waals surface area contributed by atoms with Crippen molar-refractivity contribution in [3.8, 4) is 18.1 Å². The van der Waals surface area contributed by atoms with E-state index in [2.05, 4.69) is 11.3 Å². The Labute approximate surface area is 97.0 Å². The highest BCUT2D eigenvalue weighted by Crippen LogP contribution is 2.22. The fourth-order valence-corrected chi connectivity index (χ4v) is 1.56. The predicted molar refractivity (Wildman–Crippen MR) is 65.7 cm³/mol. The van der Waals surface area contributed by atoms with Crippen molar-refractivity contribution in [2.24, 2.45) is 5.84 Å². The van der Waals surface area contributed by atoms with Crippen LogP contribution in [0.25, 0.3) is 0 Å². The van der Waals surface area contributed by atoms with Gasteiger partial charge in [0.2, 0.25) is 0 Å². The van der Waals surface area contributed by atoms with E-state index in [1.807, 2.05) is 31.2 Å². The van der Waals surface area contributed by atoms with Crippen molar-refractivity contribution in [3.05, 3.63) is 29.8 Å². The lowest BCUT2D eigenvalue weighted by Crippen LogP contribution is -2.27. The van der Waals surface area contributed by atoms with Crippen LogP contribution in [0.15, 0.2) is 24.3 Å². The van der Waals surface area contributed by atoms with Crippen LogP contribution in [0.2, 0.25) is 0 Å². The largest absolute Gasteiger partial charge is 0.494 e. The van der Waals surface area contributed by atoms with E-state index in [9.17, 15) is 0 Å². The molecule has 16 heavy (non-hydrogen) atoms. The van der Waals surface area contributed by atoms with Crippen LogP contribution in [0, 0.1) is 12.3 Å². The first-order chi connectivity index (χ1) is 7.81. The SMILES string of the molecule is C#CCCC(NN)c1cccc(OCC)c1. The number of ether oxygens (including phenoxy) is 1. The van der Waals surface area contributed by atoms with Crippen molar-refractivity contribution in [1.82, 2.24) is 5.43 Å². The summed E-state index contributed by atoms with van der Waals surface area (Å²) in [7, 11) is 0. The van der Waals surface area contributed by atoms with Crippen molar-refractivity contribution >= 4 is 0 Å². The van der Waals surface area contributed by atoms with Crippen molar-refractivity contribution in [2.45, 2.75) is 25.8 Å². The molecule has 3 nitrogen and oxygen atoms in total. The normalized spacial score (nSPS) is 11.8. The molecular weight excluding hydrogens is 200 g/mol. The summed E-state index contributed by atoms with van der Waals surface area (Å²) < 4.78 is 5.44. The highest BCUT2D eigenvalue weighted by molar-refractivity contribution is 5.30. The van der Waals surface area contributed by atoms with Gasteiger partial charge in [0.15, 0.2) is 0 Å². The molecule has 0 saturated heterocycles. The molecule has 0 saturated carbocycles. The fraction of sp³-hybridized carbons (Fsp3) is 0.385. The molecule has 0 aliphatic heterocycles. The summed E-state index contributed by atoms with van der Waals surface area (Å²) in [6, 6.07) is 7.98. The van der Waals surface area contributed by atoms with Crippen LogP contribution >= 0.6 is 0 Å². The third kappa shape index (κ3) is 3.58. The topological polar surface area (TPSA) is 47.3 Å². The van der Waals surface area contributed by atoms with E-state index in [0.717, 1.165) is 17.7 Å². The van der Waals surface area contributed by atoms with Crippen LogP contribution in [-0.4, -0.2) is 6.61 Å². The van der Waals surface area contributed by atoms with Crippen LogP contribution < -0.4 is 16.0 Å². The van der Waals surface area contributed by atoms with E-state index in [4.69, 9.17) is 17.0 Å². The molecule has 1 unspecified atom stereocenters. The van der Waals surface area contributed by atoms with Gasteiger partial charge in [-0.2, -0.15) is 0 Å². The van der Waals surface area contributed by atoms with Gasteiger partial charge >= 0.3 is 0 Å². The van der Waals surface area contributed by atoms with Gasteiger partial charge in [-0.15, -0.1) is 12.3 Å². The average Bonchev–Trinajstić information content (AvgIpc) is 2.31. The van der Waals surface area contributed by atoms with Crippen molar-refractivity contribution < 1.29 is 4.74 Å².